The smallest absolute Gasteiger partial charge is 0.335 e. The van der Waals surface area contributed by atoms with E-state index in [1.165, 1.54) is 51.4 Å². The number of unbranched alkanes of at least 4 members (excludes halogenated alkanes) is 2. The molecule has 7 heteroatoms. The molecule has 36 heavy (non-hydrogen) atoms. The second-order valence-corrected chi connectivity index (χ2v) is 9.68. The zero-order chi connectivity index (χ0) is 26.3. The Kier molecular flexibility index (Phi) is 13.3. The topological polar surface area (TPSA) is 102 Å². The van der Waals surface area contributed by atoms with Crippen molar-refractivity contribution in [3.05, 3.63) is 54.1 Å². The Morgan fingerprint density at radius 2 is 1.42 bits per heavy atom. The summed E-state index contributed by atoms with van der Waals surface area (Å²) in [4.78, 5) is 23.8. The zero-order valence-corrected chi connectivity index (χ0v) is 21.6. The first-order chi connectivity index (χ1) is 17.4. The van der Waals surface area contributed by atoms with Crippen molar-refractivity contribution in [1.82, 2.24) is 0 Å². The number of carbonyl (C=O) groups excluding carboxylic acids is 2. The predicted octanol–water partition coefficient (Wildman–Crippen LogP) is 4.72. The van der Waals surface area contributed by atoms with Crippen LogP contribution in [-0.2, 0) is 19.1 Å². The molecule has 1 fully saturated rings. The van der Waals surface area contributed by atoms with Crippen LogP contribution in [-0.4, -0.2) is 55.2 Å². The van der Waals surface area contributed by atoms with Gasteiger partial charge in [-0.3, -0.25) is 0 Å². The van der Waals surface area contributed by atoms with Gasteiger partial charge in [0.05, 0.1) is 36.9 Å². The van der Waals surface area contributed by atoms with E-state index in [9.17, 15) is 9.59 Å². The minimum atomic E-state index is -0.714. The Morgan fingerprint density at radius 3 is 1.92 bits per heavy atom. The van der Waals surface area contributed by atoms with Gasteiger partial charge in [-0.05, 0) is 42.4 Å². The maximum atomic E-state index is 11.9. The summed E-state index contributed by atoms with van der Waals surface area (Å²) in [6, 6.07) is 7.44. The molecule has 0 heterocycles. The quantitative estimate of drug-likeness (QED) is 0.192. The molecule has 1 saturated carbocycles. The molecule has 200 valence electrons. The summed E-state index contributed by atoms with van der Waals surface area (Å²) in [5.41, 5.74) is 0.677. The molecule has 0 radical (unpaired) electrons. The van der Waals surface area contributed by atoms with Gasteiger partial charge in [-0.15, -0.1) is 0 Å². The Hall–Kier alpha value is -2.64. The van der Waals surface area contributed by atoms with Gasteiger partial charge in [0.1, 0.15) is 19.0 Å². The first kappa shape index (κ1) is 29.6. The van der Waals surface area contributed by atoms with Crippen LogP contribution in [0.2, 0.25) is 0 Å². The molecule has 0 spiro atoms. The van der Waals surface area contributed by atoms with Crippen LogP contribution in [0.5, 0.6) is 5.75 Å². The largest absolute Gasteiger partial charge is 0.493 e. The lowest BCUT2D eigenvalue weighted by atomic mass is 9.80. The number of rotatable bonds is 16. The fourth-order valence-corrected chi connectivity index (χ4v) is 4.35. The van der Waals surface area contributed by atoms with Crippen LogP contribution in [0, 0.1) is 11.8 Å². The molecular weight excluding hydrogens is 460 g/mol. The van der Waals surface area contributed by atoms with Gasteiger partial charge in [-0.25, -0.2) is 9.59 Å². The Morgan fingerprint density at radius 1 is 0.889 bits per heavy atom. The molecule has 1 aromatic rings. The number of carbonyl (C=O) groups is 2. The average Bonchev–Trinajstić information content (AvgIpc) is 2.91. The lowest BCUT2D eigenvalue weighted by molar-refractivity contribution is -0.142. The molecule has 7 nitrogen and oxygen atoms in total. The number of ether oxygens (including phenoxy) is 3. The number of aliphatic hydroxyl groups is 2. The highest BCUT2D eigenvalue weighted by atomic mass is 16.5. The third-order valence-corrected chi connectivity index (χ3v) is 6.81. The van der Waals surface area contributed by atoms with Gasteiger partial charge in [-0.1, -0.05) is 70.7 Å². The average molecular weight is 503 g/mol. The van der Waals surface area contributed by atoms with E-state index in [0.717, 1.165) is 17.2 Å². The van der Waals surface area contributed by atoms with Crippen LogP contribution in [0.4, 0.5) is 0 Å². The minimum Gasteiger partial charge on any atom is -0.493 e. The van der Waals surface area contributed by atoms with E-state index >= 15 is 0 Å². The van der Waals surface area contributed by atoms with E-state index in [1.54, 1.807) is 0 Å². The van der Waals surface area contributed by atoms with Crippen molar-refractivity contribution < 1.29 is 34.0 Å². The molecule has 1 aromatic carbocycles. The Balaban J connectivity index is 1.89. The number of esters is 2. The fourth-order valence-electron chi connectivity index (χ4n) is 4.35. The van der Waals surface area contributed by atoms with Crippen molar-refractivity contribution in [3.63, 3.8) is 0 Å². The molecule has 0 atom stereocenters. The summed E-state index contributed by atoms with van der Waals surface area (Å²) >= 11 is 0. The van der Waals surface area contributed by atoms with Crippen molar-refractivity contribution in [2.75, 3.05) is 33.0 Å². The Labute approximate surface area is 215 Å². The first-order valence-electron chi connectivity index (χ1n) is 13.0. The van der Waals surface area contributed by atoms with Crippen molar-refractivity contribution in [2.24, 2.45) is 11.8 Å². The third-order valence-electron chi connectivity index (χ3n) is 6.81. The number of benzene rings is 1. The molecule has 1 aliphatic carbocycles. The summed E-state index contributed by atoms with van der Waals surface area (Å²) in [6.45, 7) is 8.72. The SMILES string of the molecule is C=C(CO)C(=O)OCC(COC(=O)C(=C)CO)c1ccc(OCC2CCC(CCCCC)CC2)cc1. The standard InChI is InChI=1S/C29H42O7/c1-4-5-6-7-23-8-10-24(11-9-23)18-34-27-14-12-25(13-15-27)26(19-35-28(32)21(2)16-30)20-36-29(33)22(3)17-31/h12-15,23-24,26,30-31H,2-11,16-20H2,1H3. The van der Waals surface area contributed by atoms with Gasteiger partial charge in [0.2, 0.25) is 0 Å². The highest BCUT2D eigenvalue weighted by Crippen LogP contribution is 2.32. The van der Waals surface area contributed by atoms with Crippen molar-refractivity contribution in [2.45, 2.75) is 64.2 Å². The van der Waals surface area contributed by atoms with Crippen LogP contribution in [0.1, 0.15) is 69.8 Å². The van der Waals surface area contributed by atoms with Crippen LogP contribution >= 0.6 is 0 Å². The number of aliphatic hydroxyl groups excluding tert-OH is 2. The molecule has 0 bridgehead atoms. The summed E-state index contributed by atoms with van der Waals surface area (Å²) in [6.07, 6.45) is 10.3. The lowest BCUT2D eigenvalue weighted by Gasteiger charge is -2.28. The van der Waals surface area contributed by atoms with E-state index in [1.807, 2.05) is 24.3 Å². The van der Waals surface area contributed by atoms with Gasteiger partial charge < -0.3 is 24.4 Å². The van der Waals surface area contributed by atoms with E-state index in [-0.39, 0.29) is 24.4 Å². The van der Waals surface area contributed by atoms with Crippen LogP contribution in [0.15, 0.2) is 48.6 Å². The van der Waals surface area contributed by atoms with E-state index < -0.39 is 31.1 Å². The molecule has 0 aromatic heterocycles. The fraction of sp³-hybridized carbons (Fsp3) is 0.586. The molecule has 1 aliphatic rings. The molecule has 0 saturated heterocycles. The molecule has 0 aliphatic heterocycles. The first-order valence-corrected chi connectivity index (χ1v) is 13.0. The molecule has 2 N–H and O–H groups in total. The Bertz CT molecular complexity index is 806. The predicted molar refractivity (Wildman–Crippen MR) is 139 cm³/mol. The summed E-state index contributed by atoms with van der Waals surface area (Å²) in [5, 5.41) is 18.1. The second-order valence-electron chi connectivity index (χ2n) is 9.68. The van der Waals surface area contributed by atoms with Crippen molar-refractivity contribution in [3.8, 4) is 5.75 Å². The van der Waals surface area contributed by atoms with Gasteiger partial charge >= 0.3 is 11.9 Å². The van der Waals surface area contributed by atoms with Crippen LogP contribution in [0.25, 0.3) is 0 Å². The van der Waals surface area contributed by atoms with Crippen molar-refractivity contribution in [1.29, 1.82) is 0 Å². The second kappa shape index (κ2) is 16.2. The van der Waals surface area contributed by atoms with Crippen LogP contribution in [0.3, 0.4) is 0 Å². The van der Waals surface area contributed by atoms with Crippen molar-refractivity contribution >= 4 is 11.9 Å². The number of hydrogen-bond donors (Lipinski definition) is 2. The molecule has 0 unspecified atom stereocenters. The maximum absolute atomic E-state index is 11.9. The highest BCUT2D eigenvalue weighted by Gasteiger charge is 2.22. The number of hydrogen-bond acceptors (Lipinski definition) is 7. The monoisotopic (exact) mass is 502 g/mol. The van der Waals surface area contributed by atoms with Gasteiger partial charge in [-0.2, -0.15) is 0 Å². The van der Waals surface area contributed by atoms with Gasteiger partial charge in [0.15, 0.2) is 0 Å². The normalized spacial score (nSPS) is 17.4. The molecule has 2 rings (SSSR count). The van der Waals surface area contributed by atoms with E-state index in [4.69, 9.17) is 24.4 Å². The molecular formula is C29H42O7. The summed E-state index contributed by atoms with van der Waals surface area (Å²) in [7, 11) is 0. The van der Waals surface area contributed by atoms with E-state index in [2.05, 4.69) is 20.1 Å². The van der Waals surface area contributed by atoms with Gasteiger partial charge in [0, 0.05) is 0 Å². The maximum Gasteiger partial charge on any atom is 0.335 e. The third kappa shape index (κ3) is 10.2. The zero-order valence-electron chi connectivity index (χ0n) is 21.6. The minimum absolute atomic E-state index is 0.0573. The summed E-state index contributed by atoms with van der Waals surface area (Å²) < 4.78 is 16.5. The van der Waals surface area contributed by atoms with E-state index in [0.29, 0.717) is 12.5 Å². The van der Waals surface area contributed by atoms with Crippen LogP contribution < -0.4 is 4.74 Å². The lowest BCUT2D eigenvalue weighted by Crippen LogP contribution is -2.22. The van der Waals surface area contributed by atoms with Gasteiger partial charge in [0.25, 0.3) is 0 Å². The summed E-state index contributed by atoms with van der Waals surface area (Å²) in [5.74, 6) is 0.336. The molecule has 0 amide bonds. The highest BCUT2D eigenvalue weighted by molar-refractivity contribution is 5.88.